The molecule has 1 saturated heterocycles. The molecule has 0 spiro atoms. The summed E-state index contributed by atoms with van der Waals surface area (Å²) in [5.74, 6) is 0.0594. The summed E-state index contributed by atoms with van der Waals surface area (Å²) in [4.78, 5) is 19.1. The molecule has 4 rings (SSSR count). The molecule has 2 N–H and O–H groups in total. The number of aliphatic hydroxyl groups excluding tert-OH is 1. The van der Waals surface area contributed by atoms with Gasteiger partial charge in [-0.15, -0.1) is 0 Å². The second-order valence-corrected chi connectivity index (χ2v) is 7.66. The van der Waals surface area contributed by atoms with E-state index in [9.17, 15) is 14.3 Å². The lowest BCUT2D eigenvalue weighted by atomic mass is 10.0. The van der Waals surface area contributed by atoms with E-state index in [0.717, 1.165) is 37.1 Å². The number of nitrogens with zero attached hydrogens (tertiary/aromatic N) is 2. The molecule has 2 aliphatic rings. The molecule has 1 atom stereocenters. The van der Waals surface area contributed by atoms with Gasteiger partial charge in [-0.3, -0.25) is 9.78 Å². The summed E-state index contributed by atoms with van der Waals surface area (Å²) in [6.07, 6.45) is 4.18. The number of ether oxygens (including phenoxy) is 1. The topological polar surface area (TPSA) is 74.7 Å². The van der Waals surface area contributed by atoms with Crippen molar-refractivity contribution in [2.24, 2.45) is 0 Å². The quantitative estimate of drug-likeness (QED) is 0.798. The molecule has 148 valence electrons. The maximum absolute atomic E-state index is 13.7. The maximum atomic E-state index is 13.7. The summed E-state index contributed by atoms with van der Waals surface area (Å²) >= 11 is 0. The SMILES string of the molecule is COc1ccc(F)cc1CC1(NC(=O)c2cc(N3CC[C@H](O)C3)ccn2)CC1. The molecule has 6 nitrogen and oxygen atoms in total. The third kappa shape index (κ3) is 3.94. The van der Waals surface area contributed by atoms with Crippen LogP contribution in [0.25, 0.3) is 0 Å². The lowest BCUT2D eigenvalue weighted by molar-refractivity contribution is 0.0926. The normalized spacial score (nSPS) is 20.1. The number of hydrogen-bond acceptors (Lipinski definition) is 5. The number of methoxy groups -OCH3 is 1. The number of carbonyl (C=O) groups excluding carboxylic acids is 1. The number of anilines is 1. The van der Waals surface area contributed by atoms with Gasteiger partial charge in [0.1, 0.15) is 17.3 Å². The molecule has 2 heterocycles. The van der Waals surface area contributed by atoms with Crippen LogP contribution >= 0.6 is 0 Å². The molecule has 2 fully saturated rings. The van der Waals surface area contributed by atoms with Crippen molar-refractivity contribution in [1.82, 2.24) is 10.3 Å². The van der Waals surface area contributed by atoms with Crippen LogP contribution in [0.5, 0.6) is 5.75 Å². The van der Waals surface area contributed by atoms with Gasteiger partial charge < -0.3 is 20.1 Å². The summed E-state index contributed by atoms with van der Waals surface area (Å²) in [6, 6.07) is 8.04. The van der Waals surface area contributed by atoms with Crippen molar-refractivity contribution in [3.63, 3.8) is 0 Å². The molecule has 28 heavy (non-hydrogen) atoms. The van der Waals surface area contributed by atoms with E-state index >= 15 is 0 Å². The summed E-state index contributed by atoms with van der Waals surface area (Å²) < 4.78 is 19.0. The van der Waals surface area contributed by atoms with E-state index in [4.69, 9.17) is 4.74 Å². The first-order valence-electron chi connectivity index (χ1n) is 9.52. The van der Waals surface area contributed by atoms with E-state index in [1.165, 1.54) is 12.1 Å². The van der Waals surface area contributed by atoms with Crippen molar-refractivity contribution in [3.8, 4) is 5.75 Å². The molecule has 1 aromatic heterocycles. The van der Waals surface area contributed by atoms with Crippen LogP contribution in [0, 0.1) is 5.82 Å². The first-order valence-corrected chi connectivity index (χ1v) is 9.52. The molecule has 1 amide bonds. The smallest absolute Gasteiger partial charge is 0.270 e. The van der Waals surface area contributed by atoms with Crippen LogP contribution < -0.4 is 15.0 Å². The number of aliphatic hydroxyl groups is 1. The molecule has 0 unspecified atom stereocenters. The van der Waals surface area contributed by atoms with E-state index in [-0.39, 0.29) is 23.4 Å². The number of carbonyl (C=O) groups is 1. The van der Waals surface area contributed by atoms with Gasteiger partial charge >= 0.3 is 0 Å². The average molecular weight is 385 g/mol. The number of aromatic nitrogens is 1. The number of benzene rings is 1. The van der Waals surface area contributed by atoms with E-state index in [2.05, 4.69) is 10.3 Å². The highest BCUT2D eigenvalue weighted by Crippen LogP contribution is 2.40. The van der Waals surface area contributed by atoms with Crippen molar-refractivity contribution < 1.29 is 19.0 Å². The Balaban J connectivity index is 1.47. The van der Waals surface area contributed by atoms with Gasteiger partial charge in [0.15, 0.2) is 0 Å². The first kappa shape index (κ1) is 18.7. The van der Waals surface area contributed by atoms with Gasteiger partial charge in [-0.05, 0) is 61.6 Å². The highest BCUT2D eigenvalue weighted by atomic mass is 19.1. The number of hydrogen-bond donors (Lipinski definition) is 2. The Morgan fingerprint density at radius 3 is 2.89 bits per heavy atom. The van der Waals surface area contributed by atoms with Crippen molar-refractivity contribution in [3.05, 3.63) is 53.6 Å². The highest BCUT2D eigenvalue weighted by Gasteiger charge is 2.45. The number of halogens is 1. The van der Waals surface area contributed by atoms with E-state index < -0.39 is 0 Å². The highest BCUT2D eigenvalue weighted by molar-refractivity contribution is 5.94. The van der Waals surface area contributed by atoms with E-state index in [1.54, 1.807) is 25.4 Å². The van der Waals surface area contributed by atoms with Gasteiger partial charge in [-0.25, -0.2) is 4.39 Å². The largest absolute Gasteiger partial charge is 0.496 e. The van der Waals surface area contributed by atoms with Gasteiger partial charge in [-0.2, -0.15) is 0 Å². The maximum Gasteiger partial charge on any atom is 0.270 e. The molecule has 0 radical (unpaired) electrons. The Morgan fingerprint density at radius 1 is 1.39 bits per heavy atom. The zero-order valence-corrected chi connectivity index (χ0v) is 15.8. The zero-order chi connectivity index (χ0) is 19.7. The lowest BCUT2D eigenvalue weighted by Gasteiger charge is -2.20. The summed E-state index contributed by atoms with van der Waals surface area (Å²) in [5, 5.41) is 12.8. The average Bonchev–Trinajstić information content (AvgIpc) is 3.29. The van der Waals surface area contributed by atoms with Crippen LogP contribution in [0.1, 0.15) is 35.3 Å². The minimum atomic E-state index is -0.389. The fourth-order valence-corrected chi connectivity index (χ4v) is 3.77. The van der Waals surface area contributed by atoms with Crippen LogP contribution in [0.4, 0.5) is 10.1 Å². The molecule has 2 aromatic rings. The van der Waals surface area contributed by atoms with Crippen LogP contribution in [0.3, 0.4) is 0 Å². The van der Waals surface area contributed by atoms with Crippen molar-refractivity contribution in [2.75, 3.05) is 25.1 Å². The van der Waals surface area contributed by atoms with Crippen LogP contribution in [0.15, 0.2) is 36.5 Å². The molecule has 7 heteroatoms. The first-order chi connectivity index (χ1) is 13.5. The fourth-order valence-electron chi connectivity index (χ4n) is 3.77. The van der Waals surface area contributed by atoms with Gasteiger partial charge in [0, 0.05) is 30.5 Å². The second-order valence-electron chi connectivity index (χ2n) is 7.66. The minimum absolute atomic E-state index is 0.241. The van der Waals surface area contributed by atoms with Crippen LogP contribution in [0.2, 0.25) is 0 Å². The molecule has 1 aliphatic carbocycles. The van der Waals surface area contributed by atoms with Gasteiger partial charge in [-0.1, -0.05) is 0 Å². The van der Waals surface area contributed by atoms with Crippen LogP contribution in [-0.4, -0.2) is 47.8 Å². The molecule has 1 saturated carbocycles. The predicted molar refractivity (Wildman–Crippen MR) is 103 cm³/mol. The number of β-amino-alcohol motifs (C(OH)–C–C–N with tert-alkyl or cyclic N) is 1. The zero-order valence-electron chi connectivity index (χ0n) is 15.8. The third-order valence-electron chi connectivity index (χ3n) is 5.51. The Morgan fingerprint density at radius 2 is 2.21 bits per heavy atom. The van der Waals surface area contributed by atoms with Gasteiger partial charge in [0.2, 0.25) is 0 Å². The predicted octanol–water partition coefficient (Wildman–Crippen LogP) is 2.31. The van der Waals surface area contributed by atoms with E-state index in [1.807, 2.05) is 11.0 Å². The fraction of sp³-hybridized carbons (Fsp3) is 0.429. The Kier molecular flexibility index (Phi) is 4.93. The molecule has 0 bridgehead atoms. The molecule has 1 aliphatic heterocycles. The molecular weight excluding hydrogens is 361 g/mol. The molecule has 1 aromatic carbocycles. The van der Waals surface area contributed by atoms with Gasteiger partial charge in [0.25, 0.3) is 5.91 Å². The van der Waals surface area contributed by atoms with Gasteiger partial charge in [0.05, 0.1) is 13.2 Å². The van der Waals surface area contributed by atoms with Crippen molar-refractivity contribution in [1.29, 1.82) is 0 Å². The minimum Gasteiger partial charge on any atom is -0.496 e. The number of pyridine rings is 1. The summed E-state index contributed by atoms with van der Waals surface area (Å²) in [5.41, 5.74) is 1.58. The standard InChI is InChI=1S/C21H24FN3O3/c1-28-19-3-2-15(22)10-14(19)12-21(6-7-21)24-20(27)18-11-16(4-8-23-18)25-9-5-17(26)13-25/h2-4,8,10-11,17,26H,5-7,9,12-13H2,1H3,(H,24,27)/t17-/m0/s1. The number of nitrogens with one attached hydrogen (secondary N) is 1. The Hall–Kier alpha value is -2.67. The second kappa shape index (κ2) is 7.39. The lowest BCUT2D eigenvalue weighted by Crippen LogP contribution is -2.39. The Labute approximate surface area is 163 Å². The van der Waals surface area contributed by atoms with Crippen molar-refractivity contribution in [2.45, 2.75) is 37.3 Å². The Bertz CT molecular complexity index is 885. The summed E-state index contributed by atoms with van der Waals surface area (Å²) in [6.45, 7) is 1.32. The third-order valence-corrected chi connectivity index (χ3v) is 5.51. The summed E-state index contributed by atoms with van der Waals surface area (Å²) in [7, 11) is 1.56. The number of rotatable bonds is 6. The van der Waals surface area contributed by atoms with E-state index in [0.29, 0.717) is 24.4 Å². The van der Waals surface area contributed by atoms with Crippen molar-refractivity contribution >= 4 is 11.6 Å². The monoisotopic (exact) mass is 385 g/mol. The number of amides is 1. The molecular formula is C21H24FN3O3. The van der Waals surface area contributed by atoms with Crippen LogP contribution in [-0.2, 0) is 6.42 Å².